The Morgan fingerprint density at radius 1 is 1.11 bits per heavy atom. The number of hydrogen-bond acceptors (Lipinski definition) is 2. The summed E-state index contributed by atoms with van der Waals surface area (Å²) in [6.45, 7) is 11.7. The molecular weight excluding hydrogens is 238 g/mol. The van der Waals surface area contributed by atoms with Gasteiger partial charge in [0.1, 0.15) is 0 Å². The van der Waals surface area contributed by atoms with Crippen LogP contribution in [-0.4, -0.2) is 23.2 Å². The molecule has 1 atom stereocenters. The molecule has 3 heteroatoms. The molecule has 0 heterocycles. The van der Waals surface area contributed by atoms with Crippen molar-refractivity contribution in [2.45, 2.75) is 72.4 Å². The van der Waals surface area contributed by atoms with E-state index in [9.17, 15) is 4.79 Å². The second-order valence-electron chi connectivity index (χ2n) is 7.76. The molecule has 0 aliphatic heterocycles. The SMILES string of the molecule is CC(NC1CCC(C(=O)O)CC1)C1C(C)(C)C1(C)C. The van der Waals surface area contributed by atoms with Crippen molar-refractivity contribution in [3.8, 4) is 0 Å². The van der Waals surface area contributed by atoms with E-state index in [1.807, 2.05) is 0 Å². The van der Waals surface area contributed by atoms with Gasteiger partial charge in [0.05, 0.1) is 5.92 Å². The number of nitrogens with one attached hydrogen (secondary N) is 1. The maximum absolute atomic E-state index is 11.0. The average molecular weight is 267 g/mol. The molecular formula is C16H29NO2. The molecule has 0 aromatic carbocycles. The van der Waals surface area contributed by atoms with Crippen LogP contribution in [0, 0.1) is 22.7 Å². The Morgan fingerprint density at radius 3 is 1.95 bits per heavy atom. The average Bonchev–Trinajstić information content (AvgIpc) is 2.69. The van der Waals surface area contributed by atoms with Gasteiger partial charge in [-0.25, -0.2) is 0 Å². The first-order valence-electron chi connectivity index (χ1n) is 7.66. The van der Waals surface area contributed by atoms with Gasteiger partial charge in [0.2, 0.25) is 0 Å². The van der Waals surface area contributed by atoms with E-state index in [0.717, 1.165) is 31.6 Å². The van der Waals surface area contributed by atoms with Crippen LogP contribution >= 0.6 is 0 Å². The smallest absolute Gasteiger partial charge is 0.306 e. The summed E-state index contributed by atoms with van der Waals surface area (Å²) in [6, 6.07) is 1.04. The fourth-order valence-corrected chi connectivity index (χ4v) is 4.47. The number of carboxylic acid groups (broad SMARTS) is 1. The van der Waals surface area contributed by atoms with Crippen molar-refractivity contribution in [3.05, 3.63) is 0 Å². The number of aliphatic carboxylic acids is 1. The van der Waals surface area contributed by atoms with E-state index in [-0.39, 0.29) is 5.92 Å². The highest BCUT2D eigenvalue weighted by Gasteiger charge is 2.66. The highest BCUT2D eigenvalue weighted by Crippen LogP contribution is 2.69. The van der Waals surface area contributed by atoms with Crippen molar-refractivity contribution in [1.29, 1.82) is 0 Å². The van der Waals surface area contributed by atoms with Gasteiger partial charge in [0.25, 0.3) is 0 Å². The normalized spacial score (nSPS) is 34.8. The minimum Gasteiger partial charge on any atom is -0.481 e. The number of carbonyl (C=O) groups is 1. The van der Waals surface area contributed by atoms with E-state index in [2.05, 4.69) is 39.9 Å². The predicted octanol–water partition coefficient (Wildman–Crippen LogP) is 3.29. The van der Waals surface area contributed by atoms with Crippen LogP contribution < -0.4 is 5.32 Å². The zero-order valence-corrected chi connectivity index (χ0v) is 13.0. The topological polar surface area (TPSA) is 49.3 Å². The fourth-order valence-electron chi connectivity index (χ4n) is 4.47. The molecule has 2 rings (SSSR count). The second kappa shape index (κ2) is 4.76. The number of hydrogen-bond donors (Lipinski definition) is 2. The summed E-state index contributed by atoms with van der Waals surface area (Å²) in [5, 5.41) is 12.8. The van der Waals surface area contributed by atoms with Gasteiger partial charge in [-0.15, -0.1) is 0 Å². The van der Waals surface area contributed by atoms with Gasteiger partial charge in [0.15, 0.2) is 0 Å². The van der Waals surface area contributed by atoms with Crippen LogP contribution in [0.15, 0.2) is 0 Å². The highest BCUT2D eigenvalue weighted by molar-refractivity contribution is 5.70. The highest BCUT2D eigenvalue weighted by atomic mass is 16.4. The van der Waals surface area contributed by atoms with E-state index >= 15 is 0 Å². The maximum Gasteiger partial charge on any atom is 0.306 e. The molecule has 2 saturated carbocycles. The quantitative estimate of drug-likeness (QED) is 0.821. The second-order valence-corrected chi connectivity index (χ2v) is 7.76. The van der Waals surface area contributed by atoms with Crippen LogP contribution in [0.25, 0.3) is 0 Å². The van der Waals surface area contributed by atoms with E-state index in [1.54, 1.807) is 0 Å². The van der Waals surface area contributed by atoms with Crippen molar-refractivity contribution in [3.63, 3.8) is 0 Å². The molecule has 0 aromatic heterocycles. The first-order valence-corrected chi connectivity index (χ1v) is 7.66. The molecule has 0 saturated heterocycles. The largest absolute Gasteiger partial charge is 0.481 e. The lowest BCUT2D eigenvalue weighted by molar-refractivity contribution is -0.142. The van der Waals surface area contributed by atoms with Crippen molar-refractivity contribution in [1.82, 2.24) is 5.32 Å². The van der Waals surface area contributed by atoms with Gasteiger partial charge in [-0.2, -0.15) is 0 Å². The molecule has 0 aromatic rings. The van der Waals surface area contributed by atoms with Crippen LogP contribution in [-0.2, 0) is 4.79 Å². The van der Waals surface area contributed by atoms with Gasteiger partial charge < -0.3 is 10.4 Å². The van der Waals surface area contributed by atoms with Crippen molar-refractivity contribution in [2.24, 2.45) is 22.7 Å². The van der Waals surface area contributed by atoms with E-state index in [0.29, 0.717) is 22.9 Å². The molecule has 0 amide bonds. The van der Waals surface area contributed by atoms with Crippen molar-refractivity contribution in [2.75, 3.05) is 0 Å². The molecule has 2 fully saturated rings. The predicted molar refractivity (Wildman–Crippen MR) is 77.0 cm³/mol. The third-order valence-electron chi connectivity index (χ3n) is 6.21. The van der Waals surface area contributed by atoms with E-state index in [4.69, 9.17) is 5.11 Å². The summed E-state index contributed by atoms with van der Waals surface area (Å²) < 4.78 is 0. The Kier molecular flexibility index (Phi) is 3.72. The zero-order chi connectivity index (χ0) is 14.4. The molecule has 3 nitrogen and oxygen atoms in total. The first kappa shape index (κ1) is 14.8. The molecule has 0 bridgehead atoms. The lowest BCUT2D eigenvalue weighted by Crippen LogP contribution is -2.42. The van der Waals surface area contributed by atoms with Crippen LogP contribution in [0.3, 0.4) is 0 Å². The lowest BCUT2D eigenvalue weighted by atomic mass is 9.85. The third kappa shape index (κ3) is 2.54. The van der Waals surface area contributed by atoms with Crippen LogP contribution in [0.4, 0.5) is 0 Å². The van der Waals surface area contributed by atoms with Gasteiger partial charge in [-0.3, -0.25) is 4.79 Å². The minimum absolute atomic E-state index is 0.109. The summed E-state index contributed by atoms with van der Waals surface area (Å²) in [5.74, 6) is -0.00433. The maximum atomic E-state index is 11.0. The van der Waals surface area contributed by atoms with Gasteiger partial charge >= 0.3 is 5.97 Å². The molecule has 2 N–H and O–H groups in total. The minimum atomic E-state index is -0.615. The summed E-state index contributed by atoms with van der Waals surface area (Å²) in [5.41, 5.74) is 0.829. The Hall–Kier alpha value is -0.570. The number of carboxylic acids is 1. The fraction of sp³-hybridized carbons (Fsp3) is 0.938. The Balaban J connectivity index is 1.82. The molecule has 0 spiro atoms. The molecule has 2 aliphatic rings. The van der Waals surface area contributed by atoms with Gasteiger partial charge in [-0.1, -0.05) is 27.7 Å². The Morgan fingerprint density at radius 2 is 1.58 bits per heavy atom. The van der Waals surface area contributed by atoms with E-state index in [1.165, 1.54) is 0 Å². The summed E-state index contributed by atoms with van der Waals surface area (Å²) >= 11 is 0. The standard InChI is InChI=1S/C16H29NO2/c1-10(13-15(2,3)16(13,4)5)17-12-8-6-11(7-9-12)14(18)19/h10-13,17H,6-9H2,1-5H3,(H,18,19). The summed E-state index contributed by atoms with van der Waals surface area (Å²) in [7, 11) is 0. The van der Waals surface area contributed by atoms with E-state index < -0.39 is 5.97 Å². The Labute approximate surface area is 117 Å². The van der Waals surface area contributed by atoms with Crippen LogP contribution in [0.2, 0.25) is 0 Å². The number of rotatable bonds is 4. The van der Waals surface area contributed by atoms with Gasteiger partial charge in [0, 0.05) is 12.1 Å². The molecule has 2 aliphatic carbocycles. The molecule has 1 unspecified atom stereocenters. The van der Waals surface area contributed by atoms with Gasteiger partial charge in [-0.05, 0) is 49.4 Å². The zero-order valence-electron chi connectivity index (χ0n) is 13.0. The van der Waals surface area contributed by atoms with Crippen LogP contribution in [0.1, 0.15) is 60.3 Å². The summed E-state index contributed by atoms with van der Waals surface area (Å²) in [4.78, 5) is 11.0. The van der Waals surface area contributed by atoms with Crippen molar-refractivity contribution >= 4 is 5.97 Å². The third-order valence-corrected chi connectivity index (χ3v) is 6.21. The monoisotopic (exact) mass is 267 g/mol. The Bertz CT molecular complexity index is 340. The van der Waals surface area contributed by atoms with Crippen molar-refractivity contribution < 1.29 is 9.90 Å². The van der Waals surface area contributed by atoms with Crippen LogP contribution in [0.5, 0.6) is 0 Å². The molecule has 0 radical (unpaired) electrons. The molecule has 19 heavy (non-hydrogen) atoms. The lowest BCUT2D eigenvalue weighted by Gasteiger charge is -2.30. The summed E-state index contributed by atoms with van der Waals surface area (Å²) in [6.07, 6.45) is 3.68. The molecule has 110 valence electrons. The first-order chi connectivity index (χ1) is 8.68.